The number of hydrogen-bond donors (Lipinski definition) is 2. The van der Waals surface area contributed by atoms with Crippen LogP contribution in [0.2, 0.25) is 0 Å². The second-order valence-corrected chi connectivity index (χ2v) is 7.09. The fourth-order valence-electron chi connectivity index (χ4n) is 1.55. The number of rotatable bonds is 7. The Balaban J connectivity index is 2.26. The molecule has 0 bridgehead atoms. The number of carbonyl (C=O) groups excluding carboxylic acids is 1. The molecule has 0 saturated carbocycles. The van der Waals surface area contributed by atoms with Gasteiger partial charge >= 0.3 is 0 Å². The molecule has 19 heavy (non-hydrogen) atoms. The molecule has 0 unspecified atom stereocenters. The molecule has 1 amide bonds. The van der Waals surface area contributed by atoms with Gasteiger partial charge in [0.05, 0.1) is 23.5 Å². The van der Waals surface area contributed by atoms with Gasteiger partial charge in [0.15, 0.2) is 0 Å². The van der Waals surface area contributed by atoms with E-state index in [1.807, 2.05) is 6.92 Å². The SMILES string of the molecule is Cc1ncsc1CCCNC(=O)[C@H](C)NS(C)(=O)=O. The van der Waals surface area contributed by atoms with Gasteiger partial charge in [0.2, 0.25) is 15.9 Å². The first-order valence-electron chi connectivity index (χ1n) is 5.93. The number of aryl methyl sites for hydroxylation is 2. The molecule has 0 radical (unpaired) electrons. The molecule has 2 N–H and O–H groups in total. The number of aromatic nitrogens is 1. The number of thiazole rings is 1. The zero-order valence-corrected chi connectivity index (χ0v) is 12.9. The maximum atomic E-state index is 11.6. The van der Waals surface area contributed by atoms with Crippen LogP contribution in [0, 0.1) is 6.92 Å². The molecule has 8 heteroatoms. The number of nitrogens with one attached hydrogen (secondary N) is 2. The molecule has 0 fully saturated rings. The third-order valence-corrected chi connectivity index (χ3v) is 4.29. The molecule has 1 aromatic heterocycles. The first-order chi connectivity index (χ1) is 8.79. The average Bonchev–Trinajstić information content (AvgIpc) is 2.68. The van der Waals surface area contributed by atoms with E-state index in [1.165, 1.54) is 11.8 Å². The fourth-order valence-corrected chi connectivity index (χ4v) is 3.13. The van der Waals surface area contributed by atoms with Crippen LogP contribution in [-0.2, 0) is 21.2 Å². The molecule has 1 heterocycles. The van der Waals surface area contributed by atoms with Crippen LogP contribution in [-0.4, -0.2) is 38.2 Å². The lowest BCUT2D eigenvalue weighted by molar-refractivity contribution is -0.122. The van der Waals surface area contributed by atoms with Gasteiger partial charge in [0, 0.05) is 11.4 Å². The fraction of sp³-hybridized carbons (Fsp3) is 0.636. The van der Waals surface area contributed by atoms with Crippen molar-refractivity contribution in [1.82, 2.24) is 15.0 Å². The summed E-state index contributed by atoms with van der Waals surface area (Å²) >= 11 is 1.61. The summed E-state index contributed by atoms with van der Waals surface area (Å²) < 4.78 is 24.2. The molecular weight excluding hydrogens is 286 g/mol. The lowest BCUT2D eigenvalue weighted by atomic mass is 10.2. The highest BCUT2D eigenvalue weighted by Crippen LogP contribution is 2.13. The highest BCUT2D eigenvalue weighted by Gasteiger charge is 2.16. The Bertz CT molecular complexity index is 525. The Morgan fingerprint density at radius 2 is 2.21 bits per heavy atom. The number of carbonyl (C=O) groups is 1. The van der Waals surface area contributed by atoms with Crippen molar-refractivity contribution >= 4 is 27.3 Å². The Hall–Kier alpha value is -0.990. The second-order valence-electron chi connectivity index (χ2n) is 4.37. The quantitative estimate of drug-likeness (QED) is 0.715. The summed E-state index contributed by atoms with van der Waals surface area (Å²) in [6, 6.07) is -0.750. The largest absolute Gasteiger partial charge is 0.355 e. The molecule has 108 valence electrons. The van der Waals surface area contributed by atoms with Crippen LogP contribution < -0.4 is 10.0 Å². The number of hydrogen-bond acceptors (Lipinski definition) is 5. The van der Waals surface area contributed by atoms with Crippen molar-refractivity contribution in [1.29, 1.82) is 0 Å². The molecule has 0 saturated heterocycles. The van der Waals surface area contributed by atoms with E-state index in [4.69, 9.17) is 0 Å². The van der Waals surface area contributed by atoms with Crippen molar-refractivity contribution < 1.29 is 13.2 Å². The van der Waals surface area contributed by atoms with E-state index in [9.17, 15) is 13.2 Å². The molecule has 0 spiro atoms. The molecule has 0 aliphatic rings. The lowest BCUT2D eigenvalue weighted by Crippen LogP contribution is -2.44. The topological polar surface area (TPSA) is 88.2 Å². The summed E-state index contributed by atoms with van der Waals surface area (Å²) in [5.41, 5.74) is 2.84. The minimum absolute atomic E-state index is 0.313. The van der Waals surface area contributed by atoms with Crippen LogP contribution in [0.3, 0.4) is 0 Å². The predicted molar refractivity (Wildman–Crippen MR) is 75.6 cm³/mol. The van der Waals surface area contributed by atoms with Crippen LogP contribution in [0.5, 0.6) is 0 Å². The van der Waals surface area contributed by atoms with Gasteiger partial charge in [0.25, 0.3) is 0 Å². The van der Waals surface area contributed by atoms with Crippen LogP contribution in [0.15, 0.2) is 5.51 Å². The Kier molecular flexibility index (Phi) is 5.89. The molecule has 1 rings (SSSR count). The van der Waals surface area contributed by atoms with Crippen molar-refractivity contribution in [3.63, 3.8) is 0 Å². The predicted octanol–water partition coefficient (Wildman–Crippen LogP) is 0.438. The summed E-state index contributed by atoms with van der Waals surface area (Å²) in [5, 5.41) is 2.71. The van der Waals surface area contributed by atoms with Gasteiger partial charge in [-0.15, -0.1) is 11.3 Å². The third kappa shape index (κ3) is 6.13. The van der Waals surface area contributed by atoms with E-state index in [1.54, 1.807) is 16.8 Å². The van der Waals surface area contributed by atoms with Gasteiger partial charge in [-0.2, -0.15) is 0 Å². The van der Waals surface area contributed by atoms with Gasteiger partial charge in [-0.25, -0.2) is 18.1 Å². The second kappa shape index (κ2) is 6.97. The summed E-state index contributed by atoms with van der Waals surface area (Å²) in [7, 11) is -3.36. The molecule has 1 aromatic rings. The molecule has 0 aromatic carbocycles. The normalized spacial score (nSPS) is 13.2. The van der Waals surface area contributed by atoms with Gasteiger partial charge in [-0.1, -0.05) is 0 Å². The first-order valence-corrected chi connectivity index (χ1v) is 8.70. The van der Waals surface area contributed by atoms with Crippen LogP contribution in [0.25, 0.3) is 0 Å². The van der Waals surface area contributed by atoms with E-state index in [-0.39, 0.29) is 5.91 Å². The summed E-state index contributed by atoms with van der Waals surface area (Å²) in [6.07, 6.45) is 2.70. The monoisotopic (exact) mass is 305 g/mol. The molecule has 1 atom stereocenters. The van der Waals surface area contributed by atoms with Crippen LogP contribution in [0.4, 0.5) is 0 Å². The highest BCUT2D eigenvalue weighted by molar-refractivity contribution is 7.88. The van der Waals surface area contributed by atoms with Crippen molar-refractivity contribution in [2.24, 2.45) is 0 Å². The van der Waals surface area contributed by atoms with Crippen molar-refractivity contribution in [2.45, 2.75) is 32.7 Å². The van der Waals surface area contributed by atoms with E-state index >= 15 is 0 Å². The maximum absolute atomic E-state index is 11.6. The minimum Gasteiger partial charge on any atom is -0.355 e. The van der Waals surface area contributed by atoms with Crippen LogP contribution >= 0.6 is 11.3 Å². The van der Waals surface area contributed by atoms with E-state index in [2.05, 4.69) is 15.0 Å². The Morgan fingerprint density at radius 3 is 2.74 bits per heavy atom. The van der Waals surface area contributed by atoms with Gasteiger partial charge < -0.3 is 5.32 Å². The van der Waals surface area contributed by atoms with Gasteiger partial charge in [0.1, 0.15) is 0 Å². The first kappa shape index (κ1) is 16.1. The van der Waals surface area contributed by atoms with Crippen LogP contribution in [0.1, 0.15) is 23.9 Å². The lowest BCUT2D eigenvalue weighted by Gasteiger charge is -2.12. The molecule has 6 nitrogen and oxygen atoms in total. The summed E-state index contributed by atoms with van der Waals surface area (Å²) in [4.78, 5) is 17.0. The number of amides is 1. The zero-order chi connectivity index (χ0) is 14.5. The minimum atomic E-state index is -3.36. The number of sulfonamides is 1. The summed E-state index contributed by atoms with van der Waals surface area (Å²) in [6.45, 7) is 4.00. The van der Waals surface area contributed by atoms with Gasteiger partial charge in [-0.3, -0.25) is 4.79 Å². The van der Waals surface area contributed by atoms with Crippen molar-refractivity contribution in [3.05, 3.63) is 16.1 Å². The van der Waals surface area contributed by atoms with Crippen molar-refractivity contribution in [2.75, 3.05) is 12.8 Å². The Morgan fingerprint density at radius 1 is 1.53 bits per heavy atom. The third-order valence-electron chi connectivity index (χ3n) is 2.51. The number of nitrogens with zero attached hydrogens (tertiary/aromatic N) is 1. The average molecular weight is 305 g/mol. The summed E-state index contributed by atoms with van der Waals surface area (Å²) in [5.74, 6) is -0.313. The molecular formula is C11H19N3O3S2. The zero-order valence-electron chi connectivity index (χ0n) is 11.3. The maximum Gasteiger partial charge on any atom is 0.237 e. The standard InChI is InChI=1S/C11H19N3O3S2/c1-8-10(18-7-13-8)5-4-6-12-11(15)9(2)14-19(3,16)17/h7,9,14H,4-6H2,1-3H3,(H,12,15)/t9-/m0/s1. The van der Waals surface area contributed by atoms with E-state index < -0.39 is 16.1 Å². The van der Waals surface area contributed by atoms with Gasteiger partial charge in [-0.05, 0) is 26.7 Å². The Labute approximate surface area is 117 Å². The highest BCUT2D eigenvalue weighted by atomic mass is 32.2. The van der Waals surface area contributed by atoms with E-state index in [0.29, 0.717) is 6.54 Å². The smallest absolute Gasteiger partial charge is 0.237 e. The molecule has 0 aliphatic heterocycles. The van der Waals surface area contributed by atoms with Crippen molar-refractivity contribution in [3.8, 4) is 0 Å². The van der Waals surface area contributed by atoms with E-state index in [0.717, 1.165) is 24.8 Å². The molecule has 0 aliphatic carbocycles.